The SMILES string of the molecule is O=C1C[C@H](c2cc(=O)n3[nH]cc(-c4ccccc4)c3n2)CN1Cc1ccccc1. The van der Waals surface area contributed by atoms with E-state index in [-0.39, 0.29) is 17.4 Å². The van der Waals surface area contributed by atoms with E-state index in [1.807, 2.05) is 65.6 Å². The second kappa shape index (κ2) is 7.05. The van der Waals surface area contributed by atoms with Crippen LogP contribution >= 0.6 is 0 Å². The number of H-pyrrole nitrogens is 1. The van der Waals surface area contributed by atoms with E-state index in [1.54, 1.807) is 12.3 Å². The van der Waals surface area contributed by atoms with E-state index in [4.69, 9.17) is 4.98 Å². The van der Waals surface area contributed by atoms with Gasteiger partial charge in [-0.15, -0.1) is 0 Å². The van der Waals surface area contributed by atoms with Gasteiger partial charge in [0.05, 0.1) is 5.69 Å². The van der Waals surface area contributed by atoms with E-state index in [1.165, 1.54) is 4.52 Å². The van der Waals surface area contributed by atoms with Gasteiger partial charge in [0.2, 0.25) is 5.91 Å². The number of fused-ring (bicyclic) bond motifs is 1. The minimum absolute atomic E-state index is 0.0811. The number of carbonyl (C=O) groups excluding carboxylic acids is 1. The molecule has 6 heteroatoms. The van der Waals surface area contributed by atoms with Crippen LogP contribution in [0.3, 0.4) is 0 Å². The number of aromatic nitrogens is 3. The highest BCUT2D eigenvalue weighted by molar-refractivity contribution is 5.80. The Kier molecular flexibility index (Phi) is 4.24. The maximum Gasteiger partial charge on any atom is 0.272 e. The number of rotatable bonds is 4. The first-order valence-electron chi connectivity index (χ1n) is 9.67. The number of hydrogen-bond acceptors (Lipinski definition) is 3. The van der Waals surface area contributed by atoms with Crippen molar-refractivity contribution in [1.29, 1.82) is 0 Å². The molecule has 5 rings (SSSR count). The average molecular weight is 384 g/mol. The van der Waals surface area contributed by atoms with Crippen LogP contribution in [0.25, 0.3) is 16.8 Å². The van der Waals surface area contributed by atoms with Gasteiger partial charge in [-0.2, -0.15) is 0 Å². The van der Waals surface area contributed by atoms with Crippen molar-refractivity contribution >= 4 is 11.6 Å². The first kappa shape index (κ1) is 17.4. The van der Waals surface area contributed by atoms with Gasteiger partial charge in [0.15, 0.2) is 5.65 Å². The summed E-state index contributed by atoms with van der Waals surface area (Å²) in [5.74, 6) is 0.0145. The summed E-state index contributed by atoms with van der Waals surface area (Å²) in [6.07, 6.45) is 2.17. The van der Waals surface area contributed by atoms with Crippen molar-refractivity contribution in [3.8, 4) is 11.1 Å². The predicted molar refractivity (Wildman–Crippen MR) is 110 cm³/mol. The standard InChI is InChI=1S/C23H20N4O2/c28-21-11-18(15-26(21)14-16-7-3-1-4-8-16)20-12-22(29)27-23(25-20)19(13-24-27)17-9-5-2-6-10-17/h1-10,12-13,18,24H,11,14-15H2/t18-/m0/s1. The number of benzene rings is 2. The molecule has 0 spiro atoms. The molecule has 2 aromatic carbocycles. The average Bonchev–Trinajstić information content (AvgIpc) is 3.34. The van der Waals surface area contributed by atoms with Crippen LogP contribution in [0, 0.1) is 0 Å². The summed E-state index contributed by atoms with van der Waals surface area (Å²) in [7, 11) is 0. The molecule has 0 saturated carbocycles. The topological polar surface area (TPSA) is 70.5 Å². The van der Waals surface area contributed by atoms with Gasteiger partial charge < -0.3 is 4.90 Å². The summed E-state index contributed by atoms with van der Waals surface area (Å²) in [5.41, 5.74) is 4.06. The molecule has 1 amide bonds. The molecule has 0 unspecified atom stereocenters. The first-order chi connectivity index (χ1) is 14.2. The van der Waals surface area contributed by atoms with Crippen LogP contribution in [0.2, 0.25) is 0 Å². The monoisotopic (exact) mass is 384 g/mol. The van der Waals surface area contributed by atoms with Crippen molar-refractivity contribution in [2.75, 3.05) is 6.54 Å². The third-order valence-corrected chi connectivity index (χ3v) is 5.45. The molecule has 144 valence electrons. The lowest BCUT2D eigenvalue weighted by Crippen LogP contribution is -2.24. The molecule has 29 heavy (non-hydrogen) atoms. The molecule has 1 saturated heterocycles. The summed E-state index contributed by atoms with van der Waals surface area (Å²) in [4.78, 5) is 31.8. The molecular formula is C23H20N4O2. The van der Waals surface area contributed by atoms with Gasteiger partial charge in [0, 0.05) is 43.3 Å². The fourth-order valence-corrected chi connectivity index (χ4v) is 3.97. The lowest BCUT2D eigenvalue weighted by Gasteiger charge is -2.16. The molecule has 3 heterocycles. The number of carbonyl (C=O) groups is 1. The van der Waals surface area contributed by atoms with Gasteiger partial charge in [0.25, 0.3) is 5.56 Å². The molecule has 4 aromatic rings. The largest absolute Gasteiger partial charge is 0.338 e. The first-order valence-corrected chi connectivity index (χ1v) is 9.67. The van der Waals surface area contributed by atoms with Crippen molar-refractivity contribution in [2.45, 2.75) is 18.9 Å². The quantitative estimate of drug-likeness (QED) is 0.587. The molecule has 6 nitrogen and oxygen atoms in total. The second-order valence-corrected chi connectivity index (χ2v) is 7.39. The fourth-order valence-electron chi connectivity index (χ4n) is 3.97. The summed E-state index contributed by atoms with van der Waals surface area (Å²) in [6.45, 7) is 1.15. The number of hydrogen-bond donors (Lipinski definition) is 1. The zero-order chi connectivity index (χ0) is 19.8. The van der Waals surface area contributed by atoms with E-state index in [2.05, 4.69) is 5.10 Å². The van der Waals surface area contributed by atoms with Gasteiger partial charge >= 0.3 is 0 Å². The highest BCUT2D eigenvalue weighted by Gasteiger charge is 2.32. The number of nitrogens with one attached hydrogen (secondary N) is 1. The van der Waals surface area contributed by atoms with Gasteiger partial charge in [-0.3, -0.25) is 14.7 Å². The van der Waals surface area contributed by atoms with E-state index in [0.717, 1.165) is 16.7 Å². The normalized spacial score (nSPS) is 16.6. The highest BCUT2D eigenvalue weighted by atomic mass is 16.2. The third kappa shape index (κ3) is 3.23. The number of nitrogens with zero attached hydrogens (tertiary/aromatic N) is 3. The molecule has 1 atom stereocenters. The molecule has 0 radical (unpaired) electrons. The Morgan fingerprint density at radius 2 is 1.72 bits per heavy atom. The molecule has 1 fully saturated rings. The Balaban J connectivity index is 1.48. The molecular weight excluding hydrogens is 364 g/mol. The van der Waals surface area contributed by atoms with Crippen molar-refractivity contribution < 1.29 is 4.79 Å². The van der Waals surface area contributed by atoms with E-state index < -0.39 is 0 Å². The van der Waals surface area contributed by atoms with Crippen molar-refractivity contribution in [3.63, 3.8) is 0 Å². The van der Waals surface area contributed by atoms with Crippen LogP contribution in [0.15, 0.2) is 77.7 Å². The van der Waals surface area contributed by atoms with Crippen LogP contribution in [-0.2, 0) is 11.3 Å². The van der Waals surface area contributed by atoms with Crippen LogP contribution < -0.4 is 5.56 Å². The third-order valence-electron chi connectivity index (χ3n) is 5.45. The van der Waals surface area contributed by atoms with Crippen molar-refractivity contribution in [3.05, 3.63) is 94.5 Å². The second-order valence-electron chi connectivity index (χ2n) is 7.39. The number of aromatic amines is 1. The summed E-state index contributed by atoms with van der Waals surface area (Å²) in [6, 6.07) is 21.3. The molecule has 1 N–H and O–H groups in total. The predicted octanol–water partition coefficient (Wildman–Crippen LogP) is 3.21. The lowest BCUT2D eigenvalue weighted by atomic mass is 10.0. The maximum atomic E-state index is 12.6. The van der Waals surface area contributed by atoms with E-state index >= 15 is 0 Å². The Morgan fingerprint density at radius 3 is 2.48 bits per heavy atom. The summed E-state index contributed by atoms with van der Waals surface area (Å²) >= 11 is 0. The molecule has 1 aliphatic heterocycles. The van der Waals surface area contributed by atoms with Crippen molar-refractivity contribution in [1.82, 2.24) is 19.5 Å². The Labute approximate surface area is 167 Å². The van der Waals surface area contributed by atoms with E-state index in [0.29, 0.717) is 30.9 Å². The Bertz CT molecular complexity index is 1230. The minimum Gasteiger partial charge on any atom is -0.338 e. The van der Waals surface area contributed by atoms with Gasteiger partial charge in [-0.1, -0.05) is 60.7 Å². The lowest BCUT2D eigenvalue weighted by molar-refractivity contribution is -0.128. The number of likely N-dealkylation sites (tertiary alicyclic amines) is 1. The minimum atomic E-state index is -0.166. The zero-order valence-electron chi connectivity index (χ0n) is 15.8. The molecule has 2 aromatic heterocycles. The smallest absolute Gasteiger partial charge is 0.272 e. The molecule has 0 bridgehead atoms. The molecule has 0 aliphatic carbocycles. The zero-order valence-corrected chi connectivity index (χ0v) is 15.8. The Morgan fingerprint density at radius 1 is 1.00 bits per heavy atom. The van der Waals surface area contributed by atoms with Crippen LogP contribution in [0.4, 0.5) is 0 Å². The fraction of sp³-hybridized carbons (Fsp3) is 0.174. The van der Waals surface area contributed by atoms with Crippen LogP contribution in [-0.4, -0.2) is 31.9 Å². The van der Waals surface area contributed by atoms with Crippen LogP contribution in [0.1, 0.15) is 23.6 Å². The highest BCUT2D eigenvalue weighted by Crippen LogP contribution is 2.29. The Hall–Kier alpha value is -3.67. The maximum absolute atomic E-state index is 12.6. The van der Waals surface area contributed by atoms with Gasteiger partial charge in [-0.05, 0) is 11.1 Å². The van der Waals surface area contributed by atoms with Gasteiger partial charge in [0.1, 0.15) is 0 Å². The van der Waals surface area contributed by atoms with Crippen LogP contribution in [0.5, 0.6) is 0 Å². The van der Waals surface area contributed by atoms with Gasteiger partial charge in [-0.25, -0.2) is 9.50 Å². The molecule has 1 aliphatic rings. The summed E-state index contributed by atoms with van der Waals surface area (Å²) < 4.78 is 1.45. The van der Waals surface area contributed by atoms with E-state index in [9.17, 15) is 9.59 Å². The van der Waals surface area contributed by atoms with Crippen molar-refractivity contribution in [2.24, 2.45) is 0 Å². The summed E-state index contributed by atoms with van der Waals surface area (Å²) in [5, 5.41) is 2.99. The number of amides is 1.